The van der Waals surface area contributed by atoms with Gasteiger partial charge in [-0.25, -0.2) is 15.0 Å². The van der Waals surface area contributed by atoms with E-state index in [1.165, 1.54) is 0 Å². The Morgan fingerprint density at radius 2 is 1.89 bits per heavy atom. The molecule has 3 aromatic rings. The molecule has 5 heteroatoms. The largest absolute Gasteiger partial charge is 0.324 e. The van der Waals surface area contributed by atoms with Crippen molar-refractivity contribution in [1.29, 1.82) is 0 Å². The summed E-state index contributed by atoms with van der Waals surface area (Å²) in [6, 6.07) is 11.8. The van der Waals surface area contributed by atoms with Gasteiger partial charge < -0.3 is 5.32 Å². The molecule has 0 saturated carbocycles. The van der Waals surface area contributed by atoms with Gasteiger partial charge in [0.15, 0.2) is 0 Å². The standard InChI is InChI=1S/C14H12N4S/c1-10-13(19-9-16-10)12-7-8-15-14(18-12)17-11-5-3-2-4-6-11/h2-9H,1H3,(H,15,17,18). The first-order chi connectivity index (χ1) is 9.33. The first kappa shape index (κ1) is 11.8. The number of rotatable bonds is 3. The number of benzene rings is 1. The van der Waals surface area contributed by atoms with Crippen molar-refractivity contribution in [2.24, 2.45) is 0 Å². The molecule has 1 N–H and O–H groups in total. The van der Waals surface area contributed by atoms with Gasteiger partial charge >= 0.3 is 0 Å². The lowest BCUT2D eigenvalue weighted by Gasteiger charge is -2.05. The summed E-state index contributed by atoms with van der Waals surface area (Å²) in [6.07, 6.45) is 1.76. The lowest BCUT2D eigenvalue weighted by molar-refractivity contribution is 1.16. The van der Waals surface area contributed by atoms with Gasteiger partial charge in [0.25, 0.3) is 0 Å². The van der Waals surface area contributed by atoms with Crippen LogP contribution in [0.25, 0.3) is 10.6 Å². The summed E-state index contributed by atoms with van der Waals surface area (Å²) in [5, 5.41) is 3.19. The third kappa shape index (κ3) is 2.61. The van der Waals surface area contributed by atoms with Gasteiger partial charge in [-0.2, -0.15) is 0 Å². The molecule has 0 unspecified atom stereocenters. The highest BCUT2D eigenvalue weighted by atomic mass is 32.1. The van der Waals surface area contributed by atoms with E-state index in [0.717, 1.165) is 22.0 Å². The predicted molar refractivity (Wildman–Crippen MR) is 77.6 cm³/mol. The molecular formula is C14H12N4S. The zero-order chi connectivity index (χ0) is 13.1. The Morgan fingerprint density at radius 3 is 2.63 bits per heavy atom. The fourth-order valence-electron chi connectivity index (χ4n) is 1.74. The number of hydrogen-bond acceptors (Lipinski definition) is 5. The van der Waals surface area contributed by atoms with Gasteiger partial charge in [0, 0.05) is 11.9 Å². The third-order valence-electron chi connectivity index (χ3n) is 2.66. The van der Waals surface area contributed by atoms with Gasteiger partial charge in [0.2, 0.25) is 5.95 Å². The van der Waals surface area contributed by atoms with E-state index in [1.54, 1.807) is 17.5 Å². The van der Waals surface area contributed by atoms with Crippen molar-refractivity contribution in [3.05, 3.63) is 53.8 Å². The van der Waals surface area contributed by atoms with Crippen molar-refractivity contribution in [2.45, 2.75) is 6.92 Å². The Bertz CT molecular complexity index is 679. The van der Waals surface area contributed by atoms with Crippen LogP contribution in [0.15, 0.2) is 48.1 Å². The van der Waals surface area contributed by atoms with Crippen molar-refractivity contribution in [1.82, 2.24) is 15.0 Å². The topological polar surface area (TPSA) is 50.7 Å². The summed E-state index contributed by atoms with van der Waals surface area (Å²) in [5.74, 6) is 0.594. The van der Waals surface area contributed by atoms with Crippen molar-refractivity contribution < 1.29 is 0 Å². The quantitative estimate of drug-likeness (QED) is 0.787. The number of nitrogens with one attached hydrogen (secondary N) is 1. The van der Waals surface area contributed by atoms with Crippen LogP contribution in [0.2, 0.25) is 0 Å². The molecule has 19 heavy (non-hydrogen) atoms. The minimum atomic E-state index is 0.594. The normalized spacial score (nSPS) is 10.4. The summed E-state index contributed by atoms with van der Waals surface area (Å²) in [5.41, 5.74) is 4.69. The lowest BCUT2D eigenvalue weighted by Crippen LogP contribution is -1.97. The predicted octanol–water partition coefficient (Wildman–Crippen LogP) is 3.65. The Morgan fingerprint density at radius 1 is 1.05 bits per heavy atom. The summed E-state index contributed by atoms with van der Waals surface area (Å²) < 4.78 is 0. The van der Waals surface area contributed by atoms with E-state index in [9.17, 15) is 0 Å². The van der Waals surface area contributed by atoms with E-state index in [4.69, 9.17) is 0 Å². The average Bonchev–Trinajstić information content (AvgIpc) is 2.86. The molecule has 0 atom stereocenters. The number of nitrogens with zero attached hydrogens (tertiary/aromatic N) is 3. The molecule has 2 aromatic heterocycles. The summed E-state index contributed by atoms with van der Waals surface area (Å²) in [4.78, 5) is 14.1. The molecule has 0 aliphatic heterocycles. The highest BCUT2D eigenvalue weighted by Gasteiger charge is 2.07. The van der Waals surface area contributed by atoms with E-state index in [0.29, 0.717) is 5.95 Å². The number of aryl methyl sites for hydroxylation is 1. The van der Waals surface area contributed by atoms with Crippen LogP contribution in [0.1, 0.15) is 5.69 Å². The van der Waals surface area contributed by atoms with Gasteiger partial charge in [-0.05, 0) is 25.1 Å². The highest BCUT2D eigenvalue weighted by Crippen LogP contribution is 2.26. The zero-order valence-corrected chi connectivity index (χ0v) is 11.2. The molecule has 0 fully saturated rings. The number of para-hydroxylation sites is 1. The first-order valence-electron chi connectivity index (χ1n) is 5.88. The molecule has 4 nitrogen and oxygen atoms in total. The number of aromatic nitrogens is 3. The summed E-state index contributed by atoms with van der Waals surface area (Å²) >= 11 is 1.59. The number of hydrogen-bond donors (Lipinski definition) is 1. The van der Waals surface area contributed by atoms with E-state index in [2.05, 4.69) is 20.3 Å². The Kier molecular flexibility index (Phi) is 3.20. The van der Waals surface area contributed by atoms with E-state index in [-0.39, 0.29) is 0 Å². The molecule has 0 spiro atoms. The molecule has 2 heterocycles. The average molecular weight is 268 g/mol. The first-order valence-corrected chi connectivity index (χ1v) is 6.76. The molecule has 3 rings (SSSR count). The molecule has 0 aliphatic rings. The fourth-order valence-corrected chi connectivity index (χ4v) is 2.52. The maximum atomic E-state index is 4.52. The maximum absolute atomic E-state index is 4.52. The summed E-state index contributed by atoms with van der Waals surface area (Å²) in [6.45, 7) is 1.98. The van der Waals surface area contributed by atoms with Crippen LogP contribution in [0.4, 0.5) is 11.6 Å². The van der Waals surface area contributed by atoms with E-state index >= 15 is 0 Å². The Labute approximate surface area is 115 Å². The molecule has 0 amide bonds. The number of thiazole rings is 1. The van der Waals surface area contributed by atoms with Crippen LogP contribution < -0.4 is 5.32 Å². The van der Waals surface area contributed by atoms with E-state index < -0.39 is 0 Å². The van der Waals surface area contributed by atoms with Gasteiger partial charge in [-0.1, -0.05) is 18.2 Å². The van der Waals surface area contributed by atoms with Crippen molar-refractivity contribution in [2.75, 3.05) is 5.32 Å². The van der Waals surface area contributed by atoms with Gasteiger partial charge in [-0.15, -0.1) is 11.3 Å². The lowest BCUT2D eigenvalue weighted by atomic mass is 10.3. The molecule has 0 radical (unpaired) electrons. The maximum Gasteiger partial charge on any atom is 0.227 e. The Balaban J connectivity index is 1.91. The van der Waals surface area contributed by atoms with Crippen molar-refractivity contribution in [3.8, 4) is 10.6 Å². The second kappa shape index (κ2) is 5.16. The highest BCUT2D eigenvalue weighted by molar-refractivity contribution is 7.13. The van der Waals surface area contributed by atoms with Crippen molar-refractivity contribution in [3.63, 3.8) is 0 Å². The van der Waals surface area contributed by atoms with Gasteiger partial charge in [0.05, 0.1) is 21.8 Å². The molecule has 0 saturated heterocycles. The molecule has 0 bridgehead atoms. The fraction of sp³-hybridized carbons (Fsp3) is 0.0714. The van der Waals surface area contributed by atoms with Gasteiger partial charge in [0.1, 0.15) is 0 Å². The molecule has 94 valence electrons. The zero-order valence-electron chi connectivity index (χ0n) is 10.4. The van der Waals surface area contributed by atoms with Crippen LogP contribution >= 0.6 is 11.3 Å². The van der Waals surface area contributed by atoms with Crippen LogP contribution in [0, 0.1) is 6.92 Å². The smallest absolute Gasteiger partial charge is 0.227 e. The molecular weight excluding hydrogens is 256 g/mol. The van der Waals surface area contributed by atoms with Crippen LogP contribution in [-0.4, -0.2) is 15.0 Å². The SMILES string of the molecule is Cc1ncsc1-c1ccnc(Nc2ccccc2)n1. The minimum absolute atomic E-state index is 0.594. The minimum Gasteiger partial charge on any atom is -0.324 e. The Hall–Kier alpha value is -2.27. The van der Waals surface area contributed by atoms with Gasteiger partial charge in [-0.3, -0.25) is 0 Å². The van der Waals surface area contributed by atoms with Crippen LogP contribution in [0.5, 0.6) is 0 Å². The number of anilines is 2. The second-order valence-corrected chi connectivity index (χ2v) is 4.88. The molecule has 0 aliphatic carbocycles. The van der Waals surface area contributed by atoms with E-state index in [1.807, 2.05) is 48.8 Å². The van der Waals surface area contributed by atoms with Crippen LogP contribution in [0.3, 0.4) is 0 Å². The third-order valence-corrected chi connectivity index (χ3v) is 3.61. The second-order valence-electron chi connectivity index (χ2n) is 4.02. The molecule has 1 aromatic carbocycles. The van der Waals surface area contributed by atoms with Crippen molar-refractivity contribution >= 4 is 23.0 Å². The monoisotopic (exact) mass is 268 g/mol. The van der Waals surface area contributed by atoms with Crippen LogP contribution in [-0.2, 0) is 0 Å². The summed E-state index contributed by atoms with van der Waals surface area (Å²) in [7, 11) is 0.